The van der Waals surface area contributed by atoms with Crippen molar-refractivity contribution in [3.05, 3.63) is 88.9 Å². The lowest BCUT2D eigenvalue weighted by molar-refractivity contribution is -0.113. The molecule has 36 heavy (non-hydrogen) atoms. The number of nitrogens with one attached hydrogen (secondary N) is 1. The van der Waals surface area contributed by atoms with Gasteiger partial charge in [-0.3, -0.25) is 9.20 Å². The molecule has 2 heterocycles. The molecule has 0 aliphatic carbocycles. The van der Waals surface area contributed by atoms with Crippen LogP contribution in [0.5, 0.6) is 0 Å². The molecule has 0 atom stereocenters. The quantitative estimate of drug-likeness (QED) is 0.221. The van der Waals surface area contributed by atoms with Crippen molar-refractivity contribution in [2.24, 2.45) is 0 Å². The molecule has 5 aromatic rings. The zero-order chi connectivity index (χ0) is 25.1. The number of hydrogen-bond donors (Lipinski definition) is 1. The third-order valence-corrected chi connectivity index (χ3v) is 6.70. The number of nitrogens with zero attached hydrogens (tertiary/aromatic N) is 4. The molecule has 1 N–H and O–H groups in total. The fourth-order valence-electron chi connectivity index (χ4n) is 3.92. The maximum Gasteiger partial charge on any atom is 0.338 e. The van der Waals surface area contributed by atoms with E-state index in [2.05, 4.69) is 20.1 Å². The van der Waals surface area contributed by atoms with Gasteiger partial charge in [-0.2, -0.15) is 0 Å². The average molecular weight is 520 g/mol. The van der Waals surface area contributed by atoms with E-state index in [9.17, 15) is 9.59 Å². The number of para-hydroxylation sites is 2. The van der Waals surface area contributed by atoms with Gasteiger partial charge in [-0.1, -0.05) is 53.7 Å². The number of ether oxygens (including phenoxy) is 1. The summed E-state index contributed by atoms with van der Waals surface area (Å²) in [6.45, 7) is 2.64. The van der Waals surface area contributed by atoms with Crippen LogP contribution in [0.15, 0.2) is 78.0 Å². The lowest BCUT2D eigenvalue weighted by Crippen LogP contribution is -2.15. The predicted octanol–water partition coefficient (Wildman–Crippen LogP) is 5.29. The Kier molecular flexibility index (Phi) is 6.92. The number of hydrogen-bond acceptors (Lipinski definition) is 6. The van der Waals surface area contributed by atoms with E-state index in [1.165, 1.54) is 11.8 Å². The zero-order valence-corrected chi connectivity index (χ0v) is 20.9. The molecule has 0 spiro atoms. The standard InChI is InChI=1S/C26H22ClN5O3S/c1-2-35-24(34)18-6-5-7-20(14-18)28-23(33)16-36-26-30-29-25-31(15-17-10-12-19(27)13-11-17)21-8-3-4-9-22(21)32(25)26/h3-14H,2,15-16H2,1H3,(H,28,33). The van der Waals surface area contributed by atoms with Gasteiger partial charge in [-0.15, -0.1) is 10.2 Å². The van der Waals surface area contributed by atoms with Crippen molar-refractivity contribution < 1.29 is 14.3 Å². The van der Waals surface area contributed by atoms with Crippen molar-refractivity contribution in [2.45, 2.75) is 18.6 Å². The summed E-state index contributed by atoms with van der Waals surface area (Å²) in [5.74, 6) is 0.170. The van der Waals surface area contributed by atoms with Crippen LogP contribution in [0.1, 0.15) is 22.8 Å². The number of carbonyl (C=O) groups excluding carboxylic acids is 2. The van der Waals surface area contributed by atoms with Crippen LogP contribution in [0.3, 0.4) is 0 Å². The van der Waals surface area contributed by atoms with Crippen molar-refractivity contribution in [1.82, 2.24) is 19.2 Å². The summed E-state index contributed by atoms with van der Waals surface area (Å²) >= 11 is 7.34. The maximum atomic E-state index is 12.7. The van der Waals surface area contributed by atoms with E-state index in [0.717, 1.165) is 16.6 Å². The summed E-state index contributed by atoms with van der Waals surface area (Å²) < 4.78 is 9.08. The van der Waals surface area contributed by atoms with Gasteiger partial charge < -0.3 is 14.6 Å². The lowest BCUT2D eigenvalue weighted by atomic mass is 10.2. The Labute approximate surface area is 216 Å². The summed E-state index contributed by atoms with van der Waals surface area (Å²) in [5.41, 5.74) is 3.97. The SMILES string of the molecule is CCOC(=O)c1cccc(NC(=O)CSc2nnc3n(Cc4ccc(Cl)cc4)c4ccccc4n23)c1. The first kappa shape index (κ1) is 23.9. The number of anilines is 1. The van der Waals surface area contributed by atoms with Crippen molar-refractivity contribution in [3.63, 3.8) is 0 Å². The number of aromatic nitrogens is 4. The molecule has 0 unspecified atom stereocenters. The number of carbonyl (C=O) groups is 2. The molecule has 8 nitrogen and oxygen atoms in total. The van der Waals surface area contributed by atoms with Crippen molar-refractivity contribution in [3.8, 4) is 0 Å². The number of halogens is 1. The number of amides is 1. The molecular weight excluding hydrogens is 498 g/mol. The van der Waals surface area contributed by atoms with Crippen molar-refractivity contribution in [2.75, 3.05) is 17.7 Å². The van der Waals surface area contributed by atoms with E-state index in [4.69, 9.17) is 16.3 Å². The summed E-state index contributed by atoms with van der Waals surface area (Å²) in [7, 11) is 0. The third kappa shape index (κ3) is 4.93. The largest absolute Gasteiger partial charge is 0.462 e. The number of rotatable bonds is 8. The first-order valence-corrected chi connectivity index (χ1v) is 12.7. The highest BCUT2D eigenvalue weighted by molar-refractivity contribution is 7.99. The molecular formula is C26H22ClN5O3S. The molecule has 0 bridgehead atoms. The van der Waals surface area contributed by atoms with E-state index >= 15 is 0 Å². The Hall–Kier alpha value is -3.82. The van der Waals surface area contributed by atoms with E-state index in [-0.39, 0.29) is 18.3 Å². The topological polar surface area (TPSA) is 90.5 Å². The molecule has 0 saturated heterocycles. The zero-order valence-electron chi connectivity index (χ0n) is 19.3. The molecule has 0 aliphatic rings. The minimum atomic E-state index is -0.427. The van der Waals surface area contributed by atoms with Crippen LogP contribution in [-0.4, -0.2) is 43.4 Å². The van der Waals surface area contributed by atoms with Crippen LogP contribution in [0.25, 0.3) is 16.8 Å². The van der Waals surface area contributed by atoms with Crippen molar-refractivity contribution in [1.29, 1.82) is 0 Å². The molecule has 0 saturated carbocycles. The number of fused-ring (bicyclic) bond motifs is 3. The highest BCUT2D eigenvalue weighted by Crippen LogP contribution is 2.27. The molecule has 5 rings (SSSR count). The highest BCUT2D eigenvalue weighted by atomic mass is 35.5. The van der Waals surface area contributed by atoms with Crippen LogP contribution in [0.2, 0.25) is 5.02 Å². The Morgan fingerprint density at radius 1 is 1.00 bits per heavy atom. The number of benzene rings is 3. The number of esters is 1. The molecule has 0 radical (unpaired) electrons. The second-order valence-corrected chi connectivity index (χ2v) is 9.34. The molecule has 10 heteroatoms. The summed E-state index contributed by atoms with van der Waals surface area (Å²) in [6.07, 6.45) is 0. The summed E-state index contributed by atoms with van der Waals surface area (Å²) in [5, 5.41) is 12.9. The van der Waals surface area contributed by atoms with Gasteiger partial charge in [0.05, 0.1) is 35.5 Å². The van der Waals surface area contributed by atoms with E-state index in [1.54, 1.807) is 31.2 Å². The van der Waals surface area contributed by atoms with Gasteiger partial charge in [0.1, 0.15) is 0 Å². The summed E-state index contributed by atoms with van der Waals surface area (Å²) in [4.78, 5) is 24.6. The fourth-order valence-corrected chi connectivity index (χ4v) is 4.79. The normalized spacial score (nSPS) is 11.2. The van der Waals surface area contributed by atoms with Gasteiger partial charge in [0.25, 0.3) is 0 Å². The van der Waals surface area contributed by atoms with Crippen LogP contribution in [0, 0.1) is 0 Å². The van der Waals surface area contributed by atoms with Crippen LogP contribution >= 0.6 is 23.4 Å². The van der Waals surface area contributed by atoms with Gasteiger partial charge in [0, 0.05) is 10.7 Å². The minimum absolute atomic E-state index is 0.126. The van der Waals surface area contributed by atoms with Gasteiger partial charge in [-0.05, 0) is 55.0 Å². The van der Waals surface area contributed by atoms with Crippen LogP contribution < -0.4 is 5.32 Å². The fraction of sp³-hybridized carbons (Fsp3) is 0.154. The Morgan fingerprint density at radius 2 is 1.78 bits per heavy atom. The van der Waals surface area contributed by atoms with Gasteiger partial charge in [-0.25, -0.2) is 4.79 Å². The third-order valence-electron chi connectivity index (χ3n) is 5.51. The Morgan fingerprint density at radius 3 is 2.56 bits per heavy atom. The van der Waals surface area contributed by atoms with Crippen LogP contribution in [0.4, 0.5) is 5.69 Å². The van der Waals surface area contributed by atoms with Gasteiger partial charge >= 0.3 is 5.97 Å². The second kappa shape index (κ2) is 10.4. The molecule has 1 amide bonds. The first-order chi connectivity index (χ1) is 17.5. The van der Waals surface area contributed by atoms with E-state index < -0.39 is 5.97 Å². The number of thioether (sulfide) groups is 1. The van der Waals surface area contributed by atoms with Gasteiger partial charge in [0.15, 0.2) is 5.16 Å². The predicted molar refractivity (Wildman–Crippen MR) is 141 cm³/mol. The van der Waals surface area contributed by atoms with E-state index in [1.807, 2.05) is 52.9 Å². The van der Waals surface area contributed by atoms with E-state index in [0.29, 0.717) is 33.8 Å². The highest BCUT2D eigenvalue weighted by Gasteiger charge is 2.18. The molecule has 182 valence electrons. The van der Waals surface area contributed by atoms with Crippen LogP contribution in [-0.2, 0) is 16.1 Å². The second-order valence-electron chi connectivity index (χ2n) is 7.96. The molecule has 3 aromatic carbocycles. The summed E-state index contributed by atoms with van der Waals surface area (Å²) in [6, 6.07) is 22.4. The maximum absolute atomic E-state index is 12.7. The molecule has 2 aromatic heterocycles. The Bertz CT molecular complexity index is 1560. The lowest BCUT2D eigenvalue weighted by Gasteiger charge is -2.07. The molecule has 0 aliphatic heterocycles. The monoisotopic (exact) mass is 519 g/mol. The molecule has 0 fully saturated rings. The number of imidazole rings is 1. The average Bonchev–Trinajstić information content (AvgIpc) is 3.43. The smallest absolute Gasteiger partial charge is 0.338 e. The van der Waals surface area contributed by atoms with Gasteiger partial charge in [0.2, 0.25) is 11.7 Å². The first-order valence-electron chi connectivity index (χ1n) is 11.3. The minimum Gasteiger partial charge on any atom is -0.462 e. The van der Waals surface area contributed by atoms with Crippen molar-refractivity contribution >= 4 is 57.7 Å². The Balaban J connectivity index is 1.35.